The van der Waals surface area contributed by atoms with Gasteiger partial charge in [0.2, 0.25) is 10.0 Å². The number of halogens is 1. The van der Waals surface area contributed by atoms with E-state index in [2.05, 4.69) is 32.6 Å². The van der Waals surface area contributed by atoms with E-state index < -0.39 is 10.0 Å². The number of sulfonamides is 1. The highest BCUT2D eigenvalue weighted by Gasteiger charge is 2.22. The number of carbonyl (C=O) groups is 1. The summed E-state index contributed by atoms with van der Waals surface area (Å²) >= 11 is 2.14. The van der Waals surface area contributed by atoms with E-state index in [4.69, 9.17) is 0 Å². The van der Waals surface area contributed by atoms with Crippen LogP contribution in [0.15, 0.2) is 53.4 Å². The van der Waals surface area contributed by atoms with Gasteiger partial charge in [0.05, 0.1) is 10.5 Å². The Morgan fingerprint density at radius 3 is 2.37 bits per heavy atom. The fraction of sp³-hybridized carbons (Fsp3) is 0.350. The van der Waals surface area contributed by atoms with E-state index in [1.54, 1.807) is 18.2 Å². The van der Waals surface area contributed by atoms with Gasteiger partial charge in [0.1, 0.15) is 0 Å². The van der Waals surface area contributed by atoms with Crippen LogP contribution in [-0.2, 0) is 16.4 Å². The van der Waals surface area contributed by atoms with Gasteiger partial charge in [-0.3, -0.25) is 4.79 Å². The average molecular weight is 498 g/mol. The smallest absolute Gasteiger partial charge is 0.252 e. The van der Waals surface area contributed by atoms with Crippen molar-refractivity contribution in [1.82, 2.24) is 10.0 Å². The lowest BCUT2D eigenvalue weighted by molar-refractivity contribution is 0.0953. The number of hydrogen-bond acceptors (Lipinski definition) is 3. The summed E-state index contributed by atoms with van der Waals surface area (Å²) in [5.41, 5.74) is 1.65. The van der Waals surface area contributed by atoms with E-state index in [1.807, 2.05) is 30.3 Å². The van der Waals surface area contributed by atoms with Gasteiger partial charge in [-0.1, -0.05) is 37.1 Å². The Morgan fingerprint density at radius 1 is 1.04 bits per heavy atom. The molecule has 0 unspecified atom stereocenters. The molecule has 1 aliphatic rings. The van der Waals surface area contributed by atoms with Gasteiger partial charge in [-0.15, -0.1) is 0 Å². The molecule has 27 heavy (non-hydrogen) atoms. The van der Waals surface area contributed by atoms with Crippen LogP contribution in [0.1, 0.15) is 41.6 Å². The lowest BCUT2D eigenvalue weighted by Gasteiger charge is -2.13. The molecule has 2 aromatic rings. The molecule has 3 rings (SSSR count). The maximum absolute atomic E-state index is 12.4. The summed E-state index contributed by atoms with van der Waals surface area (Å²) in [5.74, 6) is -0.0973. The van der Waals surface area contributed by atoms with Crippen LogP contribution in [-0.4, -0.2) is 26.9 Å². The molecule has 1 fully saturated rings. The number of carbonyl (C=O) groups excluding carboxylic acids is 1. The minimum absolute atomic E-state index is 0.0608. The fourth-order valence-corrected chi connectivity index (χ4v) is 5.16. The van der Waals surface area contributed by atoms with Crippen LogP contribution < -0.4 is 10.0 Å². The van der Waals surface area contributed by atoms with Crippen LogP contribution in [0.25, 0.3) is 0 Å². The molecule has 5 nitrogen and oxygen atoms in total. The predicted molar refractivity (Wildman–Crippen MR) is 114 cm³/mol. The van der Waals surface area contributed by atoms with Crippen molar-refractivity contribution >= 4 is 38.5 Å². The molecule has 2 aromatic carbocycles. The third kappa shape index (κ3) is 5.52. The summed E-state index contributed by atoms with van der Waals surface area (Å²) in [7, 11) is -3.46. The molecule has 0 radical (unpaired) electrons. The Bertz CT molecular complexity index is 892. The van der Waals surface area contributed by atoms with Crippen LogP contribution in [0.2, 0.25) is 0 Å². The van der Waals surface area contributed by atoms with E-state index in [-0.39, 0.29) is 11.9 Å². The number of benzene rings is 2. The summed E-state index contributed by atoms with van der Waals surface area (Å²) in [4.78, 5) is 12.5. The van der Waals surface area contributed by atoms with Gasteiger partial charge in [-0.2, -0.15) is 0 Å². The predicted octanol–water partition coefficient (Wildman–Crippen LogP) is 3.48. The van der Waals surface area contributed by atoms with Crippen molar-refractivity contribution in [2.45, 2.75) is 43.0 Å². The van der Waals surface area contributed by atoms with Gasteiger partial charge in [0, 0.05) is 16.2 Å². The molecule has 0 bridgehead atoms. The second-order valence-corrected chi connectivity index (χ2v) is 9.61. The zero-order valence-corrected chi connectivity index (χ0v) is 17.9. The van der Waals surface area contributed by atoms with Crippen molar-refractivity contribution in [1.29, 1.82) is 0 Å². The van der Waals surface area contributed by atoms with Crippen molar-refractivity contribution in [3.05, 3.63) is 63.2 Å². The average Bonchev–Trinajstić information content (AvgIpc) is 3.15. The van der Waals surface area contributed by atoms with Crippen molar-refractivity contribution in [3.63, 3.8) is 0 Å². The zero-order valence-electron chi connectivity index (χ0n) is 14.9. The summed E-state index contributed by atoms with van der Waals surface area (Å²) < 4.78 is 28.5. The summed E-state index contributed by atoms with van der Waals surface area (Å²) in [6, 6.07) is 14.4. The second-order valence-electron chi connectivity index (χ2n) is 6.73. The Kier molecular flexibility index (Phi) is 6.88. The molecule has 1 aliphatic carbocycles. The van der Waals surface area contributed by atoms with Gasteiger partial charge in [0.25, 0.3) is 5.91 Å². The van der Waals surface area contributed by atoms with Crippen molar-refractivity contribution in [2.24, 2.45) is 0 Å². The Morgan fingerprint density at radius 2 is 1.70 bits per heavy atom. The number of rotatable bonds is 7. The SMILES string of the molecule is O=C(NCCc1ccc(S(=O)(=O)NC2CCCC2)cc1)c1ccccc1I. The molecular formula is C20H23IN2O3S. The minimum Gasteiger partial charge on any atom is -0.352 e. The molecular weight excluding hydrogens is 475 g/mol. The molecule has 1 saturated carbocycles. The van der Waals surface area contributed by atoms with Gasteiger partial charge in [-0.05, 0) is 71.7 Å². The first-order chi connectivity index (χ1) is 13.0. The topological polar surface area (TPSA) is 75.3 Å². The summed E-state index contributed by atoms with van der Waals surface area (Å²) in [5, 5.41) is 2.91. The normalized spacial score (nSPS) is 15.0. The molecule has 0 atom stereocenters. The lowest BCUT2D eigenvalue weighted by atomic mass is 10.1. The van der Waals surface area contributed by atoms with E-state index in [1.165, 1.54) is 0 Å². The Balaban J connectivity index is 1.53. The second kappa shape index (κ2) is 9.16. The summed E-state index contributed by atoms with van der Waals surface area (Å²) in [6.45, 7) is 0.496. The van der Waals surface area contributed by atoms with Crippen LogP contribution in [0.4, 0.5) is 0 Å². The maximum atomic E-state index is 12.4. The summed E-state index contributed by atoms with van der Waals surface area (Å²) in [6.07, 6.45) is 4.64. The van der Waals surface area contributed by atoms with Gasteiger partial charge in [-0.25, -0.2) is 13.1 Å². The molecule has 1 amide bonds. The first kappa shape index (κ1) is 20.3. The monoisotopic (exact) mass is 498 g/mol. The van der Waals surface area contributed by atoms with Gasteiger partial charge in [0.15, 0.2) is 0 Å². The fourth-order valence-electron chi connectivity index (χ4n) is 3.23. The maximum Gasteiger partial charge on any atom is 0.252 e. The van der Waals surface area contributed by atoms with Crippen molar-refractivity contribution < 1.29 is 13.2 Å². The molecule has 144 valence electrons. The molecule has 0 aromatic heterocycles. The highest BCUT2D eigenvalue weighted by atomic mass is 127. The van der Waals surface area contributed by atoms with Crippen LogP contribution >= 0.6 is 22.6 Å². The lowest BCUT2D eigenvalue weighted by Crippen LogP contribution is -2.32. The third-order valence-electron chi connectivity index (χ3n) is 4.73. The largest absolute Gasteiger partial charge is 0.352 e. The van der Waals surface area contributed by atoms with E-state index in [0.29, 0.717) is 23.4 Å². The standard InChI is InChI=1S/C20H23IN2O3S/c21-19-8-4-3-7-18(19)20(24)22-14-13-15-9-11-17(12-10-15)27(25,26)23-16-5-1-2-6-16/h3-4,7-12,16,23H,1-2,5-6,13-14H2,(H,22,24). The first-order valence-corrected chi connectivity index (χ1v) is 11.7. The van der Waals surface area contributed by atoms with Crippen LogP contribution in [0, 0.1) is 3.57 Å². The van der Waals surface area contributed by atoms with Gasteiger partial charge < -0.3 is 5.32 Å². The quantitative estimate of drug-likeness (QED) is 0.575. The van der Waals surface area contributed by atoms with Crippen LogP contribution in [0.5, 0.6) is 0 Å². The molecule has 0 aliphatic heterocycles. The molecule has 0 saturated heterocycles. The number of amides is 1. The zero-order chi connectivity index (χ0) is 19.3. The molecule has 0 heterocycles. The molecule has 7 heteroatoms. The molecule has 2 N–H and O–H groups in total. The first-order valence-electron chi connectivity index (χ1n) is 9.10. The van der Waals surface area contributed by atoms with E-state index in [0.717, 1.165) is 34.8 Å². The highest BCUT2D eigenvalue weighted by Crippen LogP contribution is 2.20. The molecule has 0 spiro atoms. The van der Waals surface area contributed by atoms with Crippen LogP contribution in [0.3, 0.4) is 0 Å². The van der Waals surface area contributed by atoms with E-state index >= 15 is 0 Å². The number of hydrogen-bond donors (Lipinski definition) is 2. The van der Waals surface area contributed by atoms with E-state index in [9.17, 15) is 13.2 Å². The Labute approximate surface area is 174 Å². The number of nitrogens with one attached hydrogen (secondary N) is 2. The van der Waals surface area contributed by atoms with Crippen molar-refractivity contribution in [3.8, 4) is 0 Å². The third-order valence-corrected chi connectivity index (χ3v) is 7.21. The van der Waals surface area contributed by atoms with Crippen molar-refractivity contribution in [2.75, 3.05) is 6.54 Å². The highest BCUT2D eigenvalue weighted by molar-refractivity contribution is 14.1. The Hall–Kier alpha value is -1.45. The minimum atomic E-state index is -3.46. The van der Waals surface area contributed by atoms with Gasteiger partial charge >= 0.3 is 0 Å².